The van der Waals surface area contributed by atoms with Gasteiger partial charge in [0.2, 0.25) is 5.43 Å². The number of nitrogens with zero attached hydrogens (tertiary/aromatic N) is 9. The molecule has 0 spiro atoms. The van der Waals surface area contributed by atoms with Crippen molar-refractivity contribution in [2.75, 3.05) is 62.2 Å². The van der Waals surface area contributed by atoms with Crippen LogP contribution >= 0.6 is 0 Å². The van der Waals surface area contributed by atoms with Crippen molar-refractivity contribution in [2.45, 2.75) is 33.2 Å². The van der Waals surface area contributed by atoms with Crippen LogP contribution in [0.5, 0.6) is 0 Å². The number of hydrogen-bond donors (Lipinski definition) is 1. The number of carboxylic acids is 1. The number of pyridine rings is 1. The monoisotopic (exact) mass is 725 g/mol. The van der Waals surface area contributed by atoms with Gasteiger partial charge in [-0.05, 0) is 36.8 Å². The summed E-state index contributed by atoms with van der Waals surface area (Å²) in [6.07, 6.45) is 1.30. The summed E-state index contributed by atoms with van der Waals surface area (Å²) in [4.78, 5) is 57.4. The van der Waals surface area contributed by atoms with Crippen molar-refractivity contribution in [3.8, 4) is 0 Å². The molecule has 0 atom stereocenters. The number of carboxylic acid groups (broad SMARTS) is 1. The molecule has 53 heavy (non-hydrogen) atoms. The molecule has 4 heterocycles. The summed E-state index contributed by atoms with van der Waals surface area (Å²) < 4.78 is 20.3. The van der Waals surface area contributed by atoms with Gasteiger partial charge in [-0.15, -0.1) is 0 Å². The van der Waals surface area contributed by atoms with Crippen LogP contribution in [0.2, 0.25) is 0 Å². The van der Waals surface area contributed by atoms with E-state index in [-0.39, 0.29) is 23.4 Å². The Morgan fingerprint density at radius 2 is 1.55 bits per heavy atom. The number of fused-ring (bicyclic) bond motifs is 1. The van der Waals surface area contributed by atoms with Crippen LogP contribution in [0.15, 0.2) is 82.5 Å². The van der Waals surface area contributed by atoms with Crippen LogP contribution in [0.25, 0.3) is 10.9 Å². The maximum absolute atomic E-state index is 15.5. The summed E-state index contributed by atoms with van der Waals surface area (Å²) in [5.41, 5.74) is 1.45. The highest BCUT2D eigenvalue weighted by Crippen LogP contribution is 2.27. The Morgan fingerprint density at radius 1 is 0.887 bits per heavy atom. The van der Waals surface area contributed by atoms with E-state index in [1.165, 1.54) is 23.0 Å². The molecule has 0 aliphatic carbocycles. The molecule has 0 amide bonds. The lowest BCUT2D eigenvalue weighted by atomic mass is 10.1. The molecule has 0 bridgehead atoms. The fraction of sp³-hybridized carbons (Fsp3) is 0.351. The Bertz CT molecular complexity index is 2260. The van der Waals surface area contributed by atoms with Crippen molar-refractivity contribution in [2.24, 2.45) is 0 Å². The normalized spacial score (nSPS) is 15.7. The number of aromatic nitrogens is 4. The maximum Gasteiger partial charge on any atom is 0.347 e. The van der Waals surface area contributed by atoms with E-state index in [2.05, 4.69) is 14.7 Å². The number of aryl methyl sites for hydroxylation is 1. The molecule has 0 radical (unpaired) electrons. The first-order valence-corrected chi connectivity index (χ1v) is 17.6. The van der Waals surface area contributed by atoms with Gasteiger partial charge in [-0.1, -0.05) is 30.3 Å². The minimum Gasteiger partial charge on any atom is -0.477 e. The minimum atomic E-state index is -1.35. The van der Waals surface area contributed by atoms with Gasteiger partial charge >= 0.3 is 11.7 Å². The van der Waals surface area contributed by atoms with Gasteiger partial charge in [0.25, 0.3) is 5.69 Å². The predicted molar refractivity (Wildman–Crippen MR) is 197 cm³/mol. The number of nitro benzene ring substituents is 1. The van der Waals surface area contributed by atoms with Gasteiger partial charge in [0.1, 0.15) is 17.2 Å². The second kappa shape index (κ2) is 15.0. The second-order valence-corrected chi connectivity index (χ2v) is 13.3. The highest BCUT2D eigenvalue weighted by molar-refractivity contribution is 5.93. The van der Waals surface area contributed by atoms with E-state index in [0.29, 0.717) is 62.8 Å². The average Bonchev–Trinajstić information content (AvgIpc) is 3.44. The van der Waals surface area contributed by atoms with Crippen molar-refractivity contribution in [1.29, 1.82) is 0 Å². The summed E-state index contributed by atoms with van der Waals surface area (Å²) in [6, 6.07) is 19.1. The zero-order valence-corrected chi connectivity index (χ0v) is 29.3. The molecule has 0 unspecified atom stereocenters. The van der Waals surface area contributed by atoms with E-state index >= 15 is 4.39 Å². The van der Waals surface area contributed by atoms with E-state index in [4.69, 9.17) is 5.10 Å². The van der Waals surface area contributed by atoms with Crippen molar-refractivity contribution in [1.82, 2.24) is 28.7 Å². The molecule has 16 heteroatoms. The number of anilines is 2. The molecule has 15 nitrogen and oxygen atoms in total. The molecule has 7 rings (SSSR count). The molecule has 2 saturated heterocycles. The van der Waals surface area contributed by atoms with E-state index in [1.54, 1.807) is 27.3 Å². The number of carbonyl (C=O) groups is 1. The smallest absolute Gasteiger partial charge is 0.347 e. The summed E-state index contributed by atoms with van der Waals surface area (Å²) in [6.45, 7) is 8.28. The topological polar surface area (TPSA) is 155 Å². The molecular formula is C37H40FN9O6. The van der Waals surface area contributed by atoms with Crippen molar-refractivity contribution < 1.29 is 19.2 Å². The van der Waals surface area contributed by atoms with Crippen LogP contribution in [0, 0.1) is 15.9 Å². The third-order valence-electron chi connectivity index (χ3n) is 10.1. The predicted octanol–water partition coefficient (Wildman–Crippen LogP) is 3.28. The average molecular weight is 726 g/mol. The van der Waals surface area contributed by atoms with Gasteiger partial charge in [0, 0.05) is 88.3 Å². The zero-order valence-electron chi connectivity index (χ0n) is 29.3. The van der Waals surface area contributed by atoms with E-state index in [0.717, 1.165) is 43.5 Å². The Hall–Kier alpha value is -5.87. The molecule has 2 aromatic heterocycles. The highest BCUT2D eigenvalue weighted by atomic mass is 19.1. The molecule has 0 saturated carbocycles. The quantitative estimate of drug-likeness (QED) is 0.158. The van der Waals surface area contributed by atoms with Crippen LogP contribution in [0.1, 0.15) is 28.7 Å². The Balaban J connectivity index is 1.05. The van der Waals surface area contributed by atoms with Crippen LogP contribution in [0.4, 0.5) is 21.5 Å². The third kappa shape index (κ3) is 7.41. The van der Waals surface area contributed by atoms with E-state index in [1.807, 2.05) is 42.2 Å². The number of piperazine rings is 2. The Labute approximate surface area is 303 Å². The molecule has 5 aromatic rings. The van der Waals surface area contributed by atoms with Gasteiger partial charge in [-0.25, -0.2) is 14.0 Å². The first-order valence-electron chi connectivity index (χ1n) is 17.6. The standard InChI is InChI=1S/C37H40FN9O6/c1-2-42-23-30(36(49)50)35(48)29-20-31(38)33(21-32(29)42)44-18-14-41(15-19-44)25-46-37(51)45(22-26-6-4-3-5-7-26)34(39-46)24-40-12-16-43(17-13-40)27-8-10-28(11-9-27)47(52)53/h3-11,20-21,23H,2,12-19,22,24-25H2,1H3,(H,49,50). The lowest BCUT2D eigenvalue weighted by Gasteiger charge is -2.36. The molecule has 276 valence electrons. The molecule has 2 fully saturated rings. The van der Waals surface area contributed by atoms with Gasteiger partial charge in [0.05, 0.1) is 35.9 Å². The molecular weight excluding hydrogens is 685 g/mol. The number of nitro groups is 1. The van der Waals surface area contributed by atoms with E-state index in [9.17, 15) is 29.6 Å². The van der Waals surface area contributed by atoms with Gasteiger partial charge in [-0.2, -0.15) is 9.78 Å². The Morgan fingerprint density at radius 3 is 2.19 bits per heavy atom. The minimum absolute atomic E-state index is 0.0271. The number of non-ortho nitro benzene ring substituents is 1. The molecule has 2 aliphatic rings. The number of hydrogen-bond acceptors (Lipinski definition) is 10. The zero-order chi connectivity index (χ0) is 37.2. The highest BCUT2D eigenvalue weighted by Gasteiger charge is 2.26. The first kappa shape index (κ1) is 35.5. The SMILES string of the molecule is CCn1cc(C(=O)O)c(=O)c2cc(F)c(N3CCN(Cn4nc(CN5CCN(c6ccc([N+](=O)[O-])cc6)CC5)n(Cc5ccccc5)c4=O)CC3)cc21. The molecule has 2 aliphatic heterocycles. The summed E-state index contributed by atoms with van der Waals surface area (Å²) in [5.74, 6) is -1.29. The fourth-order valence-corrected chi connectivity index (χ4v) is 7.14. The van der Waals surface area contributed by atoms with Crippen LogP contribution in [-0.4, -0.2) is 97.1 Å². The van der Waals surface area contributed by atoms with E-state index < -0.39 is 27.7 Å². The van der Waals surface area contributed by atoms with Gasteiger partial charge in [-0.3, -0.25) is 29.3 Å². The first-order chi connectivity index (χ1) is 25.6. The number of benzene rings is 3. The molecule has 1 N–H and O–H groups in total. The summed E-state index contributed by atoms with van der Waals surface area (Å²) in [5, 5.41) is 25.4. The van der Waals surface area contributed by atoms with Crippen LogP contribution < -0.4 is 20.9 Å². The van der Waals surface area contributed by atoms with Gasteiger partial charge in [0.15, 0.2) is 0 Å². The van der Waals surface area contributed by atoms with Crippen molar-refractivity contribution in [3.05, 3.63) is 127 Å². The fourth-order valence-electron chi connectivity index (χ4n) is 7.14. The molecule has 3 aromatic carbocycles. The maximum atomic E-state index is 15.5. The third-order valence-corrected chi connectivity index (χ3v) is 10.1. The lowest BCUT2D eigenvalue weighted by Crippen LogP contribution is -2.48. The Kier molecular flexibility index (Phi) is 10.1. The number of halogens is 1. The van der Waals surface area contributed by atoms with Crippen LogP contribution in [0.3, 0.4) is 0 Å². The second-order valence-electron chi connectivity index (χ2n) is 13.3. The largest absolute Gasteiger partial charge is 0.477 e. The lowest BCUT2D eigenvalue weighted by molar-refractivity contribution is -0.384. The van der Waals surface area contributed by atoms with Crippen molar-refractivity contribution >= 4 is 33.9 Å². The summed E-state index contributed by atoms with van der Waals surface area (Å²) in [7, 11) is 0. The number of aromatic carboxylic acids is 1. The van der Waals surface area contributed by atoms with Crippen LogP contribution in [-0.2, 0) is 26.3 Å². The summed E-state index contributed by atoms with van der Waals surface area (Å²) >= 11 is 0. The van der Waals surface area contributed by atoms with Crippen molar-refractivity contribution in [3.63, 3.8) is 0 Å². The number of rotatable bonds is 11. The van der Waals surface area contributed by atoms with Gasteiger partial charge < -0.3 is 19.5 Å².